The van der Waals surface area contributed by atoms with Gasteiger partial charge in [-0.25, -0.2) is 14.6 Å². The Balaban J connectivity index is 0.00000104. The average molecular weight is 1020 g/mol. The van der Waals surface area contributed by atoms with Gasteiger partial charge in [-0.05, 0) is 87.4 Å². The standard InChI is InChI=1S/C47H60N12O7.C2HF3O2/c1-30-26-50-20-21-57(30)22-23-65-41-24-33(15-19-51-41)59-34-13-14-35(59)28-58(27-34)39-25-38(55-56-42(39)48)36-6-2-3-8-40(36)66-29-31-9-11-32(12-10-31)53-43(60)37(7-4-18-52-46(49)64)54-44(61)47(45(62)63)16-5-17-47;3-2(4,5)1(6)7/h2-3,6,8-12,15,19,24-25,30,34-35,37,50H,4-5,7,13-14,16-18,20-23,26-29H2,1H3,(H2,48,56)(H,53,60)(H,54,61)(H,62,63)(H3,49,52,64);(H,6,7)/t30-,34?,35?,37+;/m1./s1. The summed E-state index contributed by atoms with van der Waals surface area (Å²) in [7, 11) is 0. The van der Waals surface area contributed by atoms with Crippen LogP contribution in [0.2, 0.25) is 0 Å². The number of anilines is 4. The van der Waals surface area contributed by atoms with Gasteiger partial charge in [0.05, 0.1) is 11.4 Å². The van der Waals surface area contributed by atoms with E-state index in [0.29, 0.717) is 54.3 Å². The molecule has 4 atom stereocenters. The second-order valence-electron chi connectivity index (χ2n) is 18.5. The number of hydrogen-bond donors (Lipinski definition) is 8. The van der Waals surface area contributed by atoms with Crippen LogP contribution < -0.4 is 52.0 Å². The largest absolute Gasteiger partial charge is 0.490 e. The van der Waals surface area contributed by atoms with Crippen LogP contribution in [0.4, 0.5) is 40.8 Å². The van der Waals surface area contributed by atoms with E-state index in [4.69, 9.17) is 30.8 Å². The van der Waals surface area contributed by atoms with E-state index in [-0.39, 0.29) is 44.5 Å². The second-order valence-corrected chi connectivity index (χ2v) is 18.5. The maximum Gasteiger partial charge on any atom is 0.490 e. The van der Waals surface area contributed by atoms with E-state index in [1.807, 2.05) is 48.7 Å². The SMILES string of the molecule is C[C@@H]1CNCCN1CCOc1cc(N2C3CCC2CN(c2cc(-c4ccccc4OCc4ccc(NC(=O)[C@H](CCCNC(N)=O)NC(=O)C5(C(=O)O)CCC5)cc4)nnc2N)C3)ccn1.O=C(O)C(F)(F)F. The molecule has 5 heterocycles. The number of nitrogens with zero attached hydrogens (tertiary/aromatic N) is 6. The number of rotatable bonds is 19. The minimum Gasteiger partial charge on any atom is -0.488 e. The summed E-state index contributed by atoms with van der Waals surface area (Å²) in [5, 5.41) is 37.2. The molecule has 2 unspecified atom stereocenters. The minimum absolute atomic E-state index is 0.150. The van der Waals surface area contributed by atoms with Crippen molar-refractivity contribution >= 4 is 52.7 Å². The fourth-order valence-corrected chi connectivity index (χ4v) is 9.45. The molecule has 0 spiro atoms. The summed E-state index contributed by atoms with van der Waals surface area (Å²) < 4.78 is 44.2. The Morgan fingerprint density at radius 1 is 0.973 bits per heavy atom. The number of halogens is 3. The summed E-state index contributed by atoms with van der Waals surface area (Å²) in [5.74, 6) is -3.56. The number of carboxylic acid groups (broad SMARTS) is 2. The molecule has 73 heavy (non-hydrogen) atoms. The van der Waals surface area contributed by atoms with Gasteiger partial charge in [-0.15, -0.1) is 10.2 Å². The maximum atomic E-state index is 13.4. The number of nitrogen functional groups attached to an aromatic ring is 1. The van der Waals surface area contributed by atoms with E-state index < -0.39 is 47.4 Å². The number of hydrogen-bond acceptors (Lipinski definition) is 15. The van der Waals surface area contributed by atoms with Crippen LogP contribution in [0.25, 0.3) is 11.3 Å². The van der Waals surface area contributed by atoms with E-state index >= 15 is 0 Å². The highest BCUT2D eigenvalue weighted by Crippen LogP contribution is 2.42. The number of para-hydroxylation sites is 1. The highest BCUT2D eigenvalue weighted by Gasteiger charge is 2.52. The molecule has 1 aliphatic carbocycles. The number of fused-ring (bicyclic) bond motifs is 2. The van der Waals surface area contributed by atoms with Gasteiger partial charge in [0, 0.05) is 93.1 Å². The average Bonchev–Trinajstić information content (AvgIpc) is 3.61. The van der Waals surface area contributed by atoms with Gasteiger partial charge < -0.3 is 62.2 Å². The lowest BCUT2D eigenvalue weighted by molar-refractivity contribution is -0.192. The van der Waals surface area contributed by atoms with Crippen molar-refractivity contribution in [3.63, 3.8) is 0 Å². The fourth-order valence-electron chi connectivity index (χ4n) is 9.45. The fraction of sp³-hybridized carbons (Fsp3) is 0.469. The Morgan fingerprint density at radius 2 is 1.68 bits per heavy atom. The molecule has 2 aromatic heterocycles. The van der Waals surface area contributed by atoms with E-state index in [1.54, 1.807) is 12.1 Å². The highest BCUT2D eigenvalue weighted by atomic mass is 19.4. The summed E-state index contributed by atoms with van der Waals surface area (Å²) in [6, 6.07) is 20.1. The van der Waals surface area contributed by atoms with Crippen molar-refractivity contribution in [3.05, 3.63) is 78.5 Å². The molecule has 3 aliphatic heterocycles. The molecule has 24 heteroatoms. The van der Waals surface area contributed by atoms with Gasteiger partial charge in [-0.2, -0.15) is 13.2 Å². The van der Waals surface area contributed by atoms with Crippen molar-refractivity contribution in [2.45, 2.75) is 88.8 Å². The number of pyridine rings is 1. The molecule has 4 amide bonds. The van der Waals surface area contributed by atoms with Crippen LogP contribution in [0.15, 0.2) is 72.9 Å². The van der Waals surface area contributed by atoms with Crippen LogP contribution in [-0.4, -0.2) is 143 Å². The predicted molar refractivity (Wildman–Crippen MR) is 263 cm³/mol. The Labute approximate surface area is 419 Å². The summed E-state index contributed by atoms with van der Waals surface area (Å²) in [4.78, 5) is 70.4. The van der Waals surface area contributed by atoms with Crippen molar-refractivity contribution in [2.75, 3.05) is 73.3 Å². The summed E-state index contributed by atoms with van der Waals surface area (Å²) in [6.07, 6.45) is 0.361. The first-order valence-electron chi connectivity index (χ1n) is 24.1. The molecule has 0 radical (unpaired) electrons. The molecule has 4 aromatic rings. The van der Waals surface area contributed by atoms with Gasteiger partial charge in [0.15, 0.2) is 5.82 Å². The number of alkyl halides is 3. The Kier molecular flexibility index (Phi) is 17.4. The molecular formula is C49H61F3N12O9. The molecule has 4 fully saturated rings. The third-order valence-electron chi connectivity index (χ3n) is 13.6. The van der Waals surface area contributed by atoms with Crippen molar-refractivity contribution in [3.8, 4) is 22.9 Å². The molecule has 3 saturated heterocycles. The number of nitrogens with two attached hydrogens (primary N) is 2. The number of nitrogens with one attached hydrogen (secondary N) is 4. The lowest BCUT2D eigenvalue weighted by Gasteiger charge is -2.43. The normalized spacial score (nSPS) is 19.5. The number of piperazine rings is 2. The number of carbonyl (C=O) groups is 5. The third-order valence-corrected chi connectivity index (χ3v) is 13.6. The monoisotopic (exact) mass is 1020 g/mol. The molecule has 10 N–H and O–H groups in total. The van der Waals surface area contributed by atoms with Gasteiger partial charge in [0.1, 0.15) is 30.4 Å². The van der Waals surface area contributed by atoms with Crippen molar-refractivity contribution in [1.82, 2.24) is 36.0 Å². The van der Waals surface area contributed by atoms with Crippen LogP contribution >= 0.6 is 0 Å². The molecule has 2 aromatic carbocycles. The van der Waals surface area contributed by atoms with Crippen LogP contribution in [-0.2, 0) is 25.8 Å². The van der Waals surface area contributed by atoms with E-state index in [9.17, 15) is 37.5 Å². The minimum atomic E-state index is -5.08. The van der Waals surface area contributed by atoms with Gasteiger partial charge in [-0.1, -0.05) is 30.7 Å². The molecule has 21 nitrogen and oxygen atoms in total. The van der Waals surface area contributed by atoms with Crippen molar-refractivity contribution in [1.29, 1.82) is 0 Å². The highest BCUT2D eigenvalue weighted by molar-refractivity contribution is 6.05. The predicted octanol–water partition coefficient (Wildman–Crippen LogP) is 3.99. The molecular weight excluding hydrogens is 958 g/mol. The number of carbonyl (C=O) groups excluding carboxylic acids is 3. The number of primary amides is 1. The van der Waals surface area contributed by atoms with Crippen LogP contribution in [0.3, 0.4) is 0 Å². The van der Waals surface area contributed by atoms with Crippen molar-refractivity contribution in [2.24, 2.45) is 11.1 Å². The number of aromatic nitrogens is 3. The molecule has 8 rings (SSSR count). The first-order valence-corrected chi connectivity index (χ1v) is 24.1. The van der Waals surface area contributed by atoms with E-state index in [0.717, 1.165) is 74.6 Å². The maximum absolute atomic E-state index is 13.4. The van der Waals surface area contributed by atoms with Crippen molar-refractivity contribution < 1.29 is 56.8 Å². The quantitative estimate of drug-likeness (QED) is 0.0487. The zero-order valence-corrected chi connectivity index (χ0v) is 40.3. The summed E-state index contributed by atoms with van der Waals surface area (Å²) >= 11 is 0. The van der Waals surface area contributed by atoms with Crippen LogP contribution in [0.1, 0.15) is 57.4 Å². The number of urea groups is 1. The number of aliphatic carboxylic acids is 2. The number of amides is 4. The first kappa shape index (κ1) is 53.3. The Morgan fingerprint density at radius 3 is 2.33 bits per heavy atom. The van der Waals surface area contributed by atoms with E-state index in [2.05, 4.69) is 70.2 Å². The Hall–Kier alpha value is -7.47. The van der Waals surface area contributed by atoms with Gasteiger partial charge >= 0.3 is 24.1 Å². The molecule has 1 saturated carbocycles. The zero-order chi connectivity index (χ0) is 52.3. The van der Waals surface area contributed by atoms with E-state index in [1.165, 1.54) is 0 Å². The number of carboxylic acids is 2. The van der Waals surface area contributed by atoms with Crippen LogP contribution in [0.5, 0.6) is 11.6 Å². The first-order chi connectivity index (χ1) is 34.9. The van der Waals surface area contributed by atoms with Gasteiger partial charge in [-0.3, -0.25) is 19.3 Å². The summed E-state index contributed by atoms with van der Waals surface area (Å²) in [6.45, 7) is 8.65. The summed E-state index contributed by atoms with van der Waals surface area (Å²) in [5.41, 5.74) is 14.8. The van der Waals surface area contributed by atoms with Gasteiger partial charge in [0.2, 0.25) is 17.7 Å². The van der Waals surface area contributed by atoms with Crippen LogP contribution in [0, 0.1) is 5.41 Å². The lowest BCUT2D eigenvalue weighted by atomic mass is 9.68. The molecule has 2 bridgehead atoms. The molecule has 4 aliphatic rings. The zero-order valence-electron chi connectivity index (χ0n) is 40.3. The Bertz CT molecular complexity index is 2580. The topological polar surface area (TPSA) is 293 Å². The second kappa shape index (κ2) is 23.8. The number of ether oxygens (including phenoxy) is 2. The third kappa shape index (κ3) is 13.5. The molecule has 392 valence electrons. The number of benzene rings is 2. The smallest absolute Gasteiger partial charge is 0.488 e. The lowest BCUT2D eigenvalue weighted by Crippen LogP contribution is -2.55. The van der Waals surface area contributed by atoms with Gasteiger partial charge in [0.25, 0.3) is 0 Å².